The van der Waals surface area contributed by atoms with Crippen molar-refractivity contribution in [2.24, 2.45) is 9.98 Å². The van der Waals surface area contributed by atoms with Gasteiger partial charge in [-0.3, -0.25) is 9.19 Å². The lowest BCUT2D eigenvalue weighted by Crippen LogP contribution is -2.40. The lowest BCUT2D eigenvalue weighted by atomic mass is 10.2. The van der Waals surface area contributed by atoms with E-state index < -0.39 is 54.4 Å². The van der Waals surface area contributed by atoms with Crippen molar-refractivity contribution in [1.29, 1.82) is 0 Å². The highest BCUT2D eigenvalue weighted by atomic mass is 32.3. The third kappa shape index (κ3) is 5.11. The van der Waals surface area contributed by atoms with E-state index in [1.807, 2.05) is 0 Å². The van der Waals surface area contributed by atoms with Gasteiger partial charge in [0, 0.05) is 11.8 Å². The van der Waals surface area contributed by atoms with Gasteiger partial charge in [-0.05, 0) is 43.3 Å². The summed E-state index contributed by atoms with van der Waals surface area (Å²) in [6, 6.07) is 11.8. The number of benzene rings is 2. The van der Waals surface area contributed by atoms with E-state index in [1.165, 1.54) is 37.3 Å². The second kappa shape index (κ2) is 9.67. The van der Waals surface area contributed by atoms with Crippen LogP contribution in [0.4, 0.5) is 13.2 Å². The second-order valence-corrected chi connectivity index (χ2v) is 11.7. The van der Waals surface area contributed by atoms with Gasteiger partial charge in [-0.2, -0.15) is 13.2 Å². The van der Waals surface area contributed by atoms with Gasteiger partial charge in [0.25, 0.3) is 0 Å². The number of carbonyl (C=O) groups is 1. The van der Waals surface area contributed by atoms with Crippen LogP contribution >= 0.6 is 0 Å². The molecule has 0 spiro atoms. The third-order valence-corrected chi connectivity index (χ3v) is 9.65. The molecule has 4 rings (SSSR count). The standard InChI is InChI=1S/C23H18F3N3O6S2/c1-14-19(27-10-9-20(14)35-13-22(24,25)26)12-36(32)23(28-17-7-2-3-8-18(17)29-23)37(33,34)16-6-4-5-15(11-16)21(30)31/h2-11H,12-13H2,1H3,(H,30,31). The number of rotatable bonds is 8. The fraction of sp³-hybridized carbons (Fsp3) is 0.217. The number of pyridine rings is 1. The van der Waals surface area contributed by atoms with Crippen molar-refractivity contribution in [1.82, 2.24) is 4.98 Å². The monoisotopic (exact) mass is 553 g/mol. The Morgan fingerprint density at radius 2 is 1.73 bits per heavy atom. The maximum atomic E-state index is 13.9. The fourth-order valence-corrected chi connectivity index (χ4v) is 7.37. The van der Waals surface area contributed by atoms with Gasteiger partial charge in [-0.1, -0.05) is 18.2 Å². The normalized spacial score (nSPS) is 15.2. The molecule has 3 aromatic rings. The molecule has 0 radical (unpaired) electrons. The van der Waals surface area contributed by atoms with E-state index in [9.17, 15) is 35.7 Å². The van der Waals surface area contributed by atoms with Crippen molar-refractivity contribution in [2.75, 3.05) is 6.61 Å². The van der Waals surface area contributed by atoms with Crippen molar-refractivity contribution in [2.45, 2.75) is 28.1 Å². The Hall–Kier alpha value is -3.65. The van der Waals surface area contributed by atoms with Gasteiger partial charge in [-0.25, -0.2) is 23.2 Å². The number of fused-ring (bicyclic) bond motifs is 1. The van der Waals surface area contributed by atoms with E-state index in [1.54, 1.807) is 12.1 Å². The number of hydrogen-bond donors (Lipinski definition) is 1. The number of para-hydroxylation sites is 2. The van der Waals surface area contributed by atoms with Crippen molar-refractivity contribution in [3.8, 4) is 5.75 Å². The lowest BCUT2D eigenvalue weighted by molar-refractivity contribution is -0.153. The van der Waals surface area contributed by atoms with Crippen molar-refractivity contribution in [3.05, 3.63) is 88.3 Å². The first kappa shape index (κ1) is 26.4. The molecule has 0 saturated heterocycles. The Morgan fingerprint density at radius 3 is 2.32 bits per heavy atom. The van der Waals surface area contributed by atoms with Gasteiger partial charge in [0.15, 0.2) is 6.61 Å². The van der Waals surface area contributed by atoms with Crippen molar-refractivity contribution >= 4 is 26.6 Å². The molecule has 0 saturated carbocycles. The SMILES string of the molecule is Cc1c(OCC(F)(F)F)ccnc1CS(=O)C1(S(=O)(=O)c2cccc(C(=O)O)c2)N=c2ccccc2=N1. The van der Waals surface area contributed by atoms with Gasteiger partial charge in [0.05, 0.1) is 43.4 Å². The zero-order valence-electron chi connectivity index (χ0n) is 19.0. The van der Waals surface area contributed by atoms with E-state index in [-0.39, 0.29) is 33.3 Å². The van der Waals surface area contributed by atoms with Crippen molar-refractivity contribution in [3.63, 3.8) is 0 Å². The summed E-state index contributed by atoms with van der Waals surface area (Å²) >= 11 is 0. The van der Waals surface area contributed by atoms with Crippen LogP contribution < -0.4 is 15.5 Å². The Bertz CT molecular complexity index is 1610. The van der Waals surface area contributed by atoms with Gasteiger partial charge >= 0.3 is 16.5 Å². The molecule has 2 aromatic carbocycles. The molecule has 0 fully saturated rings. The third-order valence-electron chi connectivity index (χ3n) is 5.36. The van der Waals surface area contributed by atoms with Gasteiger partial charge in [-0.15, -0.1) is 0 Å². The van der Waals surface area contributed by atoms with E-state index >= 15 is 0 Å². The maximum absolute atomic E-state index is 13.9. The molecule has 2 heterocycles. The summed E-state index contributed by atoms with van der Waals surface area (Å²) < 4.78 is 81.6. The molecule has 1 aliphatic rings. The largest absolute Gasteiger partial charge is 0.484 e. The molecule has 1 aromatic heterocycles. The lowest BCUT2D eigenvalue weighted by Gasteiger charge is -2.23. The summed E-state index contributed by atoms with van der Waals surface area (Å²) in [6.07, 6.45) is -3.44. The second-order valence-electron chi connectivity index (χ2n) is 7.87. The number of aromatic nitrogens is 1. The molecular formula is C23H18F3N3O6S2. The van der Waals surface area contributed by atoms with Crippen LogP contribution in [0.15, 0.2) is 75.7 Å². The van der Waals surface area contributed by atoms with Gasteiger partial charge in [0.1, 0.15) is 5.75 Å². The predicted octanol–water partition coefficient (Wildman–Crippen LogP) is 2.32. The molecular weight excluding hydrogens is 535 g/mol. The summed E-state index contributed by atoms with van der Waals surface area (Å²) in [5.74, 6) is -2.08. The highest BCUT2D eigenvalue weighted by Gasteiger charge is 2.52. The Balaban J connectivity index is 1.80. The summed E-state index contributed by atoms with van der Waals surface area (Å²) in [6.45, 7) is -0.154. The molecule has 194 valence electrons. The Labute approximate surface area is 210 Å². The molecule has 0 bridgehead atoms. The van der Waals surface area contributed by atoms with Crippen LogP contribution in [0.5, 0.6) is 5.75 Å². The summed E-state index contributed by atoms with van der Waals surface area (Å²) in [4.78, 5) is 23.4. The molecule has 1 N–H and O–H groups in total. The fourth-order valence-electron chi connectivity index (χ4n) is 3.52. The Kier molecular flexibility index (Phi) is 6.90. The predicted molar refractivity (Wildman–Crippen MR) is 124 cm³/mol. The number of nitrogens with zero attached hydrogens (tertiary/aromatic N) is 3. The molecule has 9 nitrogen and oxygen atoms in total. The molecule has 1 unspecified atom stereocenters. The highest BCUT2D eigenvalue weighted by Crippen LogP contribution is 2.35. The van der Waals surface area contributed by atoms with Gasteiger partial charge in [0.2, 0.25) is 9.84 Å². The van der Waals surface area contributed by atoms with E-state index in [2.05, 4.69) is 15.0 Å². The first-order valence-corrected chi connectivity index (χ1v) is 13.3. The van der Waals surface area contributed by atoms with E-state index in [4.69, 9.17) is 4.74 Å². The quantitative estimate of drug-likeness (QED) is 0.452. The number of carboxylic acids is 1. The Morgan fingerprint density at radius 1 is 1.08 bits per heavy atom. The smallest absolute Gasteiger partial charge is 0.422 e. The number of alkyl halides is 3. The number of ether oxygens (including phenoxy) is 1. The van der Waals surface area contributed by atoms with Crippen LogP contribution in [0.1, 0.15) is 21.6 Å². The number of hydrogen-bond acceptors (Lipinski definition) is 8. The van der Waals surface area contributed by atoms with Crippen LogP contribution in [0.3, 0.4) is 0 Å². The molecule has 0 amide bonds. The summed E-state index contributed by atoms with van der Waals surface area (Å²) in [5, 5.41) is 9.62. The molecule has 1 atom stereocenters. The number of sulfone groups is 1. The van der Waals surface area contributed by atoms with Crippen molar-refractivity contribution < 1.29 is 40.4 Å². The number of halogens is 3. The van der Waals surface area contributed by atoms with Crippen LogP contribution in [0, 0.1) is 6.92 Å². The summed E-state index contributed by atoms with van der Waals surface area (Å²) in [7, 11) is -7.17. The zero-order valence-corrected chi connectivity index (χ0v) is 20.6. The highest BCUT2D eigenvalue weighted by molar-refractivity contribution is 8.07. The molecule has 14 heteroatoms. The minimum atomic E-state index is -4.70. The van der Waals surface area contributed by atoms with Crippen LogP contribution in [-0.2, 0) is 26.4 Å². The maximum Gasteiger partial charge on any atom is 0.422 e. The zero-order chi connectivity index (χ0) is 27.0. The summed E-state index contributed by atoms with van der Waals surface area (Å²) in [5.41, 5.74) is -0.159. The topological polar surface area (TPSA) is 135 Å². The van der Waals surface area contributed by atoms with Crippen LogP contribution in [0.25, 0.3) is 0 Å². The first-order valence-electron chi connectivity index (χ1n) is 10.5. The van der Waals surface area contributed by atoms with Gasteiger partial charge < -0.3 is 9.84 Å². The molecule has 1 aliphatic heterocycles. The average Bonchev–Trinajstić information content (AvgIpc) is 3.26. The van der Waals surface area contributed by atoms with Crippen LogP contribution in [0.2, 0.25) is 0 Å². The minimum absolute atomic E-state index is 0.0215. The van der Waals surface area contributed by atoms with E-state index in [0.29, 0.717) is 0 Å². The minimum Gasteiger partial charge on any atom is -0.484 e. The van der Waals surface area contributed by atoms with E-state index in [0.717, 1.165) is 18.3 Å². The molecule has 37 heavy (non-hydrogen) atoms. The average molecular weight is 554 g/mol. The number of aromatic carboxylic acids is 1. The number of carboxylic acid groups (broad SMARTS) is 1. The molecule has 0 aliphatic carbocycles. The van der Waals surface area contributed by atoms with Crippen LogP contribution in [-0.4, -0.2) is 45.8 Å². The first-order chi connectivity index (χ1) is 17.3.